The summed E-state index contributed by atoms with van der Waals surface area (Å²) in [4.78, 5) is 21.4. The zero-order chi connectivity index (χ0) is 28.0. The van der Waals surface area contributed by atoms with Gasteiger partial charge in [-0.3, -0.25) is 9.69 Å². The van der Waals surface area contributed by atoms with Crippen LogP contribution in [0.3, 0.4) is 0 Å². The molecule has 6 nitrogen and oxygen atoms in total. The molecule has 3 heterocycles. The summed E-state index contributed by atoms with van der Waals surface area (Å²) in [6.45, 7) is 2.41. The van der Waals surface area contributed by atoms with Crippen LogP contribution in [-0.4, -0.2) is 56.5 Å². The van der Waals surface area contributed by atoms with Crippen LogP contribution in [0.2, 0.25) is 10.0 Å². The fourth-order valence-corrected chi connectivity index (χ4v) is 5.47. The maximum Gasteiger partial charge on any atom is 0.433 e. The third kappa shape index (κ3) is 5.12. The molecule has 0 N–H and O–H groups in total. The van der Waals surface area contributed by atoms with Crippen LogP contribution in [0.1, 0.15) is 21.7 Å². The second-order valence-electron chi connectivity index (χ2n) is 9.65. The van der Waals surface area contributed by atoms with E-state index in [0.717, 1.165) is 22.4 Å². The van der Waals surface area contributed by atoms with Gasteiger partial charge < -0.3 is 4.90 Å². The van der Waals surface area contributed by atoms with E-state index in [0.29, 0.717) is 52.8 Å². The van der Waals surface area contributed by atoms with Gasteiger partial charge in [0.1, 0.15) is 0 Å². The average molecular weight is 584 g/mol. The van der Waals surface area contributed by atoms with Gasteiger partial charge in [-0.2, -0.15) is 18.3 Å². The SMILES string of the molecule is O=C(c1cc2nc(-c3ccc4ccccc4c3)cc(C(F)(F)F)n2n1)N1CCN(Cc2c(Cl)cccc2Cl)CC1. The van der Waals surface area contributed by atoms with E-state index in [1.807, 2.05) is 30.3 Å². The molecule has 6 rings (SSSR count). The number of carbonyl (C=O) groups excluding carboxylic acids is 1. The smallest absolute Gasteiger partial charge is 0.335 e. The van der Waals surface area contributed by atoms with Gasteiger partial charge in [0.15, 0.2) is 17.0 Å². The van der Waals surface area contributed by atoms with E-state index in [-0.39, 0.29) is 17.0 Å². The lowest BCUT2D eigenvalue weighted by atomic mass is 10.0. The maximum absolute atomic E-state index is 14.1. The predicted molar refractivity (Wildman–Crippen MR) is 149 cm³/mol. The van der Waals surface area contributed by atoms with Gasteiger partial charge in [-0.05, 0) is 35.0 Å². The molecule has 1 fully saturated rings. The second-order valence-corrected chi connectivity index (χ2v) is 10.5. The number of alkyl halides is 3. The molecule has 0 saturated carbocycles. The highest BCUT2D eigenvalue weighted by atomic mass is 35.5. The van der Waals surface area contributed by atoms with Gasteiger partial charge in [-0.15, -0.1) is 0 Å². The summed E-state index contributed by atoms with van der Waals surface area (Å²) in [6.07, 6.45) is -4.70. The molecule has 11 heteroatoms. The highest BCUT2D eigenvalue weighted by molar-refractivity contribution is 6.35. The molecule has 0 spiro atoms. The summed E-state index contributed by atoms with van der Waals surface area (Å²) in [6, 6.07) is 20.6. The number of hydrogen-bond donors (Lipinski definition) is 0. The number of benzene rings is 3. The Morgan fingerprint density at radius 1 is 0.850 bits per heavy atom. The maximum atomic E-state index is 14.1. The van der Waals surface area contributed by atoms with Crippen molar-refractivity contribution in [3.05, 3.63) is 99.8 Å². The lowest BCUT2D eigenvalue weighted by molar-refractivity contribution is -0.142. The van der Waals surface area contributed by atoms with Crippen molar-refractivity contribution < 1.29 is 18.0 Å². The van der Waals surface area contributed by atoms with E-state index < -0.39 is 17.8 Å². The normalized spacial score (nSPS) is 14.8. The Hall–Kier alpha value is -3.66. The highest BCUT2D eigenvalue weighted by Crippen LogP contribution is 2.33. The lowest BCUT2D eigenvalue weighted by Crippen LogP contribution is -2.48. The summed E-state index contributed by atoms with van der Waals surface area (Å²) in [5, 5.41) is 7.05. The van der Waals surface area contributed by atoms with Crippen molar-refractivity contribution in [3.8, 4) is 11.3 Å². The number of fused-ring (bicyclic) bond motifs is 2. The van der Waals surface area contributed by atoms with Crippen LogP contribution in [0, 0.1) is 0 Å². The molecular weight excluding hydrogens is 562 g/mol. The largest absolute Gasteiger partial charge is 0.433 e. The van der Waals surface area contributed by atoms with Crippen LogP contribution in [-0.2, 0) is 12.7 Å². The van der Waals surface area contributed by atoms with Gasteiger partial charge in [0.05, 0.1) is 5.69 Å². The predicted octanol–water partition coefficient (Wildman–Crippen LogP) is 6.83. The van der Waals surface area contributed by atoms with Crippen LogP contribution < -0.4 is 0 Å². The van der Waals surface area contributed by atoms with Crippen LogP contribution in [0.5, 0.6) is 0 Å². The Morgan fingerprint density at radius 2 is 1.55 bits per heavy atom. The first-order valence-corrected chi connectivity index (χ1v) is 13.3. The van der Waals surface area contributed by atoms with E-state index in [9.17, 15) is 18.0 Å². The van der Waals surface area contributed by atoms with Crippen LogP contribution >= 0.6 is 23.2 Å². The van der Waals surface area contributed by atoms with Crippen molar-refractivity contribution in [2.45, 2.75) is 12.7 Å². The molecule has 0 bridgehead atoms. The van der Waals surface area contributed by atoms with Gasteiger partial charge >= 0.3 is 6.18 Å². The Bertz CT molecular complexity index is 1730. The molecule has 1 aliphatic rings. The van der Waals surface area contributed by atoms with E-state index in [2.05, 4.69) is 15.0 Å². The lowest BCUT2D eigenvalue weighted by Gasteiger charge is -2.34. The Kier molecular flexibility index (Phi) is 6.90. The molecule has 1 amide bonds. The van der Waals surface area contributed by atoms with Crippen molar-refractivity contribution in [2.24, 2.45) is 0 Å². The molecule has 2 aromatic heterocycles. The molecule has 0 radical (unpaired) electrons. The fourth-order valence-electron chi connectivity index (χ4n) is 4.96. The fraction of sp³-hybridized carbons (Fsp3) is 0.207. The summed E-state index contributed by atoms with van der Waals surface area (Å²) in [7, 11) is 0. The molecule has 1 aliphatic heterocycles. The number of carbonyl (C=O) groups is 1. The molecule has 0 atom stereocenters. The van der Waals surface area contributed by atoms with Gasteiger partial charge in [0.2, 0.25) is 0 Å². The van der Waals surface area contributed by atoms with Crippen LogP contribution in [0.15, 0.2) is 72.8 Å². The zero-order valence-electron chi connectivity index (χ0n) is 21.0. The van der Waals surface area contributed by atoms with Crippen molar-refractivity contribution >= 4 is 45.5 Å². The quantitative estimate of drug-likeness (QED) is 0.232. The molecule has 204 valence electrons. The zero-order valence-corrected chi connectivity index (χ0v) is 22.5. The van der Waals surface area contributed by atoms with Gasteiger partial charge in [-0.1, -0.05) is 65.7 Å². The highest BCUT2D eigenvalue weighted by Gasteiger charge is 2.36. The molecule has 3 aromatic carbocycles. The summed E-state index contributed by atoms with van der Waals surface area (Å²) in [5.74, 6) is -0.443. The number of nitrogens with zero attached hydrogens (tertiary/aromatic N) is 5. The Balaban J connectivity index is 1.26. The molecule has 5 aromatic rings. The summed E-state index contributed by atoms with van der Waals surface area (Å²) >= 11 is 12.6. The number of halogens is 5. The van der Waals surface area contributed by atoms with Crippen molar-refractivity contribution in [3.63, 3.8) is 0 Å². The molecule has 1 saturated heterocycles. The standard InChI is InChI=1S/C29H22Cl2F3N5O/c30-22-6-3-7-23(31)21(22)17-37-10-12-38(13-11-37)28(40)25-16-27-35-24(15-26(29(32,33)34)39(27)36-25)20-9-8-18-4-1-2-5-19(18)14-20/h1-9,14-16H,10-13,17H2. The van der Waals surface area contributed by atoms with Crippen LogP contribution in [0.4, 0.5) is 13.2 Å². The Labute approximate surface area is 237 Å². The van der Waals surface area contributed by atoms with E-state index in [4.69, 9.17) is 23.2 Å². The van der Waals surface area contributed by atoms with Crippen molar-refractivity contribution in [1.82, 2.24) is 24.4 Å². The molecule has 0 aliphatic carbocycles. The second kappa shape index (κ2) is 10.4. The van der Waals surface area contributed by atoms with Crippen molar-refractivity contribution in [1.29, 1.82) is 0 Å². The minimum atomic E-state index is -4.70. The van der Waals surface area contributed by atoms with Crippen LogP contribution in [0.25, 0.3) is 27.7 Å². The number of hydrogen-bond acceptors (Lipinski definition) is 4. The van der Waals surface area contributed by atoms with Gasteiger partial charge in [0.25, 0.3) is 5.91 Å². The summed E-state index contributed by atoms with van der Waals surface area (Å²) in [5.41, 5.74) is 0.372. The Morgan fingerprint density at radius 3 is 2.25 bits per heavy atom. The minimum Gasteiger partial charge on any atom is -0.335 e. The van der Waals surface area contributed by atoms with Crippen molar-refractivity contribution in [2.75, 3.05) is 26.2 Å². The number of rotatable bonds is 4. The number of aromatic nitrogens is 3. The minimum absolute atomic E-state index is 0.0478. The average Bonchev–Trinajstić information content (AvgIpc) is 3.38. The topological polar surface area (TPSA) is 53.7 Å². The van der Waals surface area contributed by atoms with E-state index in [1.165, 1.54) is 6.07 Å². The third-order valence-electron chi connectivity index (χ3n) is 7.08. The van der Waals surface area contributed by atoms with E-state index in [1.54, 1.807) is 35.2 Å². The third-order valence-corrected chi connectivity index (χ3v) is 7.79. The first-order valence-electron chi connectivity index (χ1n) is 12.6. The van der Waals surface area contributed by atoms with Gasteiger partial charge in [-0.25, -0.2) is 9.50 Å². The monoisotopic (exact) mass is 583 g/mol. The number of piperazine rings is 1. The molecular formula is C29H22Cl2F3N5O. The molecule has 0 unspecified atom stereocenters. The summed E-state index contributed by atoms with van der Waals surface area (Å²) < 4.78 is 43.0. The van der Waals surface area contributed by atoms with Gasteiger partial charge in [0, 0.05) is 60.0 Å². The first-order chi connectivity index (χ1) is 19.2. The number of amides is 1. The molecule has 40 heavy (non-hydrogen) atoms. The first kappa shape index (κ1) is 26.6. The van der Waals surface area contributed by atoms with E-state index >= 15 is 0 Å².